The van der Waals surface area contributed by atoms with Crippen LogP contribution in [0, 0.1) is 19.7 Å². The Bertz CT molecular complexity index is 711. The van der Waals surface area contributed by atoms with E-state index in [1.54, 1.807) is 6.92 Å². The van der Waals surface area contributed by atoms with E-state index >= 15 is 0 Å². The summed E-state index contributed by atoms with van der Waals surface area (Å²) in [5.41, 5.74) is -0.244. The zero-order valence-electron chi connectivity index (χ0n) is 11.6. The number of rotatable bonds is 2. The summed E-state index contributed by atoms with van der Waals surface area (Å²) in [5, 5.41) is 3.22. The smallest absolute Gasteiger partial charge is 0.384 e. The van der Waals surface area contributed by atoms with Crippen molar-refractivity contribution in [3.05, 3.63) is 33.2 Å². The molecule has 1 aromatic carbocycles. The fourth-order valence-electron chi connectivity index (χ4n) is 2.29. The van der Waals surface area contributed by atoms with Crippen LogP contribution in [0.15, 0.2) is 10.5 Å². The van der Waals surface area contributed by atoms with Crippen molar-refractivity contribution in [2.45, 2.75) is 26.9 Å². The molecule has 0 aliphatic rings. The van der Waals surface area contributed by atoms with Gasteiger partial charge in [0.15, 0.2) is 0 Å². The summed E-state index contributed by atoms with van der Waals surface area (Å²) in [7, 11) is 0. The minimum atomic E-state index is -4.56. The minimum absolute atomic E-state index is 0.0393. The first-order chi connectivity index (χ1) is 9.68. The van der Waals surface area contributed by atoms with Gasteiger partial charge >= 0.3 is 6.18 Å². The lowest BCUT2D eigenvalue weighted by molar-refractivity contribution is -0.141. The average Bonchev–Trinajstić information content (AvgIpc) is 2.37. The highest BCUT2D eigenvalue weighted by Gasteiger charge is 2.36. The number of alkyl halides is 3. The normalized spacial score (nSPS) is 12.0. The van der Waals surface area contributed by atoms with Gasteiger partial charge < -0.3 is 5.32 Å². The Morgan fingerprint density at radius 2 is 1.90 bits per heavy atom. The number of anilines is 1. The van der Waals surface area contributed by atoms with Gasteiger partial charge in [-0.1, -0.05) is 0 Å². The SMILES string of the molecule is CCNc1c(C)c(C(F)(F)F)nc2c(C)cc(F)c(Br)c12. The zero-order valence-corrected chi connectivity index (χ0v) is 13.2. The standard InChI is InChI=1S/C14H13BrF4N2/c1-4-20-12-7(3)13(14(17,18)19)21-11-6(2)5-8(16)10(15)9(11)12/h5H,4H2,1-3H3,(H,20,21). The highest BCUT2D eigenvalue weighted by Crippen LogP contribution is 2.41. The summed E-state index contributed by atoms with van der Waals surface area (Å²) in [6, 6.07) is 1.17. The Labute approximate surface area is 127 Å². The molecule has 0 bridgehead atoms. The predicted molar refractivity (Wildman–Crippen MR) is 78.0 cm³/mol. The number of halogens is 5. The van der Waals surface area contributed by atoms with E-state index in [2.05, 4.69) is 26.2 Å². The molecular formula is C14H13BrF4N2. The number of fused-ring (bicyclic) bond motifs is 1. The van der Waals surface area contributed by atoms with Gasteiger partial charge in [0.05, 0.1) is 9.99 Å². The van der Waals surface area contributed by atoms with Crippen molar-refractivity contribution in [2.24, 2.45) is 0 Å². The molecule has 2 rings (SSSR count). The van der Waals surface area contributed by atoms with E-state index in [0.29, 0.717) is 17.5 Å². The first-order valence-electron chi connectivity index (χ1n) is 6.28. The maximum atomic E-state index is 13.9. The molecule has 0 radical (unpaired) electrons. The number of nitrogens with zero attached hydrogens (tertiary/aromatic N) is 1. The molecule has 21 heavy (non-hydrogen) atoms. The highest BCUT2D eigenvalue weighted by molar-refractivity contribution is 9.10. The van der Waals surface area contributed by atoms with Gasteiger partial charge in [-0.2, -0.15) is 13.2 Å². The Morgan fingerprint density at radius 1 is 1.29 bits per heavy atom. The number of nitrogens with one attached hydrogen (secondary N) is 1. The monoisotopic (exact) mass is 364 g/mol. The zero-order chi connectivity index (χ0) is 15.9. The molecule has 0 atom stereocenters. The summed E-state index contributed by atoms with van der Waals surface area (Å²) in [4.78, 5) is 3.73. The molecule has 1 heterocycles. The third kappa shape index (κ3) is 2.71. The van der Waals surface area contributed by atoms with Crippen molar-refractivity contribution in [3.8, 4) is 0 Å². The molecule has 0 saturated carbocycles. The van der Waals surface area contributed by atoms with E-state index in [-0.39, 0.29) is 21.2 Å². The second-order valence-corrected chi connectivity index (χ2v) is 5.49. The van der Waals surface area contributed by atoms with E-state index in [4.69, 9.17) is 0 Å². The number of aromatic nitrogens is 1. The molecule has 114 valence electrons. The molecule has 0 spiro atoms. The van der Waals surface area contributed by atoms with Crippen LogP contribution in [0.5, 0.6) is 0 Å². The van der Waals surface area contributed by atoms with Gasteiger partial charge in [0.2, 0.25) is 0 Å². The Kier molecular flexibility index (Phi) is 4.15. The van der Waals surface area contributed by atoms with E-state index < -0.39 is 17.7 Å². The fourth-order valence-corrected chi connectivity index (χ4v) is 2.79. The van der Waals surface area contributed by atoms with Crippen molar-refractivity contribution in [1.29, 1.82) is 0 Å². The van der Waals surface area contributed by atoms with Crippen molar-refractivity contribution < 1.29 is 17.6 Å². The average molecular weight is 365 g/mol. The lowest BCUT2D eigenvalue weighted by atomic mass is 10.0. The number of hydrogen-bond donors (Lipinski definition) is 1. The van der Waals surface area contributed by atoms with E-state index in [9.17, 15) is 17.6 Å². The first-order valence-corrected chi connectivity index (χ1v) is 7.07. The molecule has 2 aromatic rings. The Hall–Kier alpha value is -1.37. The number of benzene rings is 1. The molecule has 0 unspecified atom stereocenters. The van der Waals surface area contributed by atoms with Crippen LogP contribution in [-0.2, 0) is 6.18 Å². The van der Waals surface area contributed by atoms with Crippen LogP contribution in [-0.4, -0.2) is 11.5 Å². The third-order valence-corrected chi connectivity index (χ3v) is 3.98. The molecule has 1 aromatic heterocycles. The van der Waals surface area contributed by atoms with Gasteiger partial charge in [0.25, 0.3) is 0 Å². The van der Waals surface area contributed by atoms with Gasteiger partial charge in [0, 0.05) is 23.2 Å². The highest BCUT2D eigenvalue weighted by atomic mass is 79.9. The molecule has 2 nitrogen and oxygen atoms in total. The summed E-state index contributed by atoms with van der Waals surface area (Å²) < 4.78 is 53.4. The van der Waals surface area contributed by atoms with Crippen LogP contribution < -0.4 is 5.32 Å². The third-order valence-electron chi connectivity index (χ3n) is 3.21. The van der Waals surface area contributed by atoms with Crippen LogP contribution in [0.25, 0.3) is 10.9 Å². The molecule has 0 aliphatic carbocycles. The first kappa shape index (κ1) is 16.0. The van der Waals surface area contributed by atoms with Gasteiger partial charge in [-0.25, -0.2) is 9.37 Å². The van der Waals surface area contributed by atoms with Crippen LogP contribution in [0.2, 0.25) is 0 Å². The molecule has 0 saturated heterocycles. The Morgan fingerprint density at radius 3 is 2.43 bits per heavy atom. The second-order valence-electron chi connectivity index (χ2n) is 4.70. The Balaban J connectivity index is 3.00. The number of hydrogen-bond acceptors (Lipinski definition) is 2. The lowest BCUT2D eigenvalue weighted by Crippen LogP contribution is -2.14. The van der Waals surface area contributed by atoms with E-state index in [1.165, 1.54) is 19.9 Å². The van der Waals surface area contributed by atoms with Gasteiger partial charge in [-0.15, -0.1) is 0 Å². The largest absolute Gasteiger partial charge is 0.433 e. The fraction of sp³-hybridized carbons (Fsp3) is 0.357. The van der Waals surface area contributed by atoms with E-state index in [1.807, 2.05) is 0 Å². The minimum Gasteiger partial charge on any atom is -0.384 e. The topological polar surface area (TPSA) is 24.9 Å². The molecule has 7 heteroatoms. The van der Waals surface area contributed by atoms with Crippen molar-refractivity contribution in [2.75, 3.05) is 11.9 Å². The molecule has 1 N–H and O–H groups in total. The maximum absolute atomic E-state index is 13.9. The van der Waals surface area contributed by atoms with Crippen molar-refractivity contribution in [3.63, 3.8) is 0 Å². The van der Waals surface area contributed by atoms with Gasteiger partial charge in [0.1, 0.15) is 11.5 Å². The molecular weight excluding hydrogens is 352 g/mol. The van der Waals surface area contributed by atoms with E-state index in [0.717, 1.165) is 0 Å². The van der Waals surface area contributed by atoms with Crippen LogP contribution in [0.1, 0.15) is 23.7 Å². The van der Waals surface area contributed by atoms with Crippen LogP contribution in [0.3, 0.4) is 0 Å². The second kappa shape index (κ2) is 5.44. The van der Waals surface area contributed by atoms with Gasteiger partial charge in [-0.05, 0) is 48.3 Å². The molecule has 0 amide bonds. The lowest BCUT2D eigenvalue weighted by Gasteiger charge is -2.19. The maximum Gasteiger partial charge on any atom is 0.433 e. The summed E-state index contributed by atoms with van der Waals surface area (Å²) in [6.07, 6.45) is -4.56. The van der Waals surface area contributed by atoms with Crippen LogP contribution in [0.4, 0.5) is 23.2 Å². The number of aryl methyl sites for hydroxylation is 1. The van der Waals surface area contributed by atoms with Gasteiger partial charge in [-0.3, -0.25) is 0 Å². The van der Waals surface area contributed by atoms with Crippen LogP contribution >= 0.6 is 15.9 Å². The summed E-state index contributed by atoms with van der Waals surface area (Å²) >= 11 is 3.11. The molecule has 0 fully saturated rings. The number of pyridine rings is 1. The summed E-state index contributed by atoms with van der Waals surface area (Å²) in [5.74, 6) is -0.528. The molecule has 0 aliphatic heterocycles. The van der Waals surface area contributed by atoms with Crippen molar-refractivity contribution in [1.82, 2.24) is 4.98 Å². The quantitative estimate of drug-likeness (QED) is 0.740. The van der Waals surface area contributed by atoms with Crippen molar-refractivity contribution >= 4 is 32.5 Å². The predicted octanol–water partition coefficient (Wildman–Crippen LogP) is 5.20. The summed E-state index contributed by atoms with van der Waals surface area (Å²) in [6.45, 7) is 5.05.